The molecule has 0 saturated carbocycles. The zero-order chi connectivity index (χ0) is 17.7. The van der Waals surface area contributed by atoms with Crippen LogP contribution in [0.3, 0.4) is 0 Å². The van der Waals surface area contributed by atoms with Gasteiger partial charge < -0.3 is 9.47 Å². The molecule has 0 unspecified atom stereocenters. The minimum Gasteiger partial charge on any atom is -0.494 e. The maximum atomic E-state index is 5.69. The van der Waals surface area contributed by atoms with Crippen molar-refractivity contribution < 1.29 is 9.47 Å². The largest absolute Gasteiger partial charge is 0.494 e. The lowest BCUT2D eigenvalue weighted by Gasteiger charge is -2.07. The SMILES string of the molecule is CCCCCCOCCCc1ccc(-c2ccc(OCC)cc2)nc1. The minimum atomic E-state index is 0.689. The Morgan fingerprint density at radius 3 is 2.32 bits per heavy atom. The second-order valence-electron chi connectivity index (χ2n) is 6.29. The molecule has 0 radical (unpaired) electrons. The van der Waals surface area contributed by atoms with Crippen molar-refractivity contribution in [2.24, 2.45) is 0 Å². The number of aromatic nitrogens is 1. The zero-order valence-electron chi connectivity index (χ0n) is 15.7. The Bertz CT molecular complexity index is 578. The standard InChI is InChI=1S/C22H31NO2/c1-3-5-6-7-16-24-17-8-9-19-10-15-22(23-18-19)20-11-13-21(14-12-20)25-4-2/h10-15,18H,3-9,16-17H2,1-2H3. The number of ether oxygens (including phenoxy) is 2. The Kier molecular flexibility index (Phi) is 9.06. The normalized spacial score (nSPS) is 10.8. The van der Waals surface area contributed by atoms with Gasteiger partial charge in [-0.1, -0.05) is 32.3 Å². The molecule has 1 heterocycles. The first-order chi connectivity index (χ1) is 12.3. The first kappa shape index (κ1) is 19.5. The molecule has 2 aromatic rings. The lowest BCUT2D eigenvalue weighted by atomic mass is 10.1. The third-order valence-electron chi connectivity index (χ3n) is 4.18. The average Bonchev–Trinajstić information content (AvgIpc) is 2.65. The fourth-order valence-electron chi connectivity index (χ4n) is 2.74. The predicted octanol–water partition coefficient (Wildman–Crippen LogP) is 5.68. The lowest BCUT2D eigenvalue weighted by molar-refractivity contribution is 0.128. The summed E-state index contributed by atoms with van der Waals surface area (Å²) < 4.78 is 11.2. The van der Waals surface area contributed by atoms with Gasteiger partial charge in [-0.15, -0.1) is 0 Å². The van der Waals surface area contributed by atoms with E-state index in [9.17, 15) is 0 Å². The van der Waals surface area contributed by atoms with Crippen LogP contribution in [0.4, 0.5) is 0 Å². The number of pyridine rings is 1. The van der Waals surface area contributed by atoms with Gasteiger partial charge in [0.1, 0.15) is 5.75 Å². The maximum Gasteiger partial charge on any atom is 0.119 e. The van der Waals surface area contributed by atoms with E-state index in [1.807, 2.05) is 25.3 Å². The van der Waals surface area contributed by atoms with Gasteiger partial charge in [-0.2, -0.15) is 0 Å². The summed E-state index contributed by atoms with van der Waals surface area (Å²) in [5.41, 5.74) is 3.38. The average molecular weight is 341 g/mol. The zero-order valence-corrected chi connectivity index (χ0v) is 15.7. The van der Waals surface area contributed by atoms with Crippen LogP contribution in [0, 0.1) is 0 Å². The molecule has 0 fully saturated rings. The summed E-state index contributed by atoms with van der Waals surface area (Å²) >= 11 is 0. The van der Waals surface area contributed by atoms with Crippen molar-refractivity contribution in [2.75, 3.05) is 19.8 Å². The molecule has 0 saturated heterocycles. The van der Waals surface area contributed by atoms with Crippen LogP contribution < -0.4 is 4.74 Å². The number of unbranched alkanes of at least 4 members (excludes halogenated alkanes) is 3. The molecule has 0 amide bonds. The van der Waals surface area contributed by atoms with Gasteiger partial charge in [0.15, 0.2) is 0 Å². The highest BCUT2D eigenvalue weighted by Crippen LogP contribution is 2.21. The molecular formula is C22H31NO2. The molecule has 0 N–H and O–H groups in total. The fourth-order valence-corrected chi connectivity index (χ4v) is 2.74. The van der Waals surface area contributed by atoms with Crippen molar-refractivity contribution in [2.45, 2.75) is 52.4 Å². The molecule has 136 valence electrons. The van der Waals surface area contributed by atoms with Crippen molar-refractivity contribution in [1.29, 1.82) is 0 Å². The van der Waals surface area contributed by atoms with Gasteiger partial charge in [-0.25, -0.2) is 0 Å². The van der Waals surface area contributed by atoms with E-state index in [1.54, 1.807) is 0 Å². The van der Waals surface area contributed by atoms with E-state index >= 15 is 0 Å². The molecule has 1 aromatic carbocycles. The van der Waals surface area contributed by atoms with Crippen molar-refractivity contribution in [3.05, 3.63) is 48.2 Å². The van der Waals surface area contributed by atoms with E-state index in [2.05, 4.69) is 36.2 Å². The summed E-state index contributed by atoms with van der Waals surface area (Å²) in [4.78, 5) is 4.59. The quantitative estimate of drug-likeness (QED) is 0.466. The maximum absolute atomic E-state index is 5.69. The van der Waals surface area contributed by atoms with E-state index in [4.69, 9.17) is 9.47 Å². The number of hydrogen-bond donors (Lipinski definition) is 0. The van der Waals surface area contributed by atoms with Gasteiger partial charge in [-0.3, -0.25) is 4.98 Å². The topological polar surface area (TPSA) is 31.4 Å². The summed E-state index contributed by atoms with van der Waals surface area (Å²) in [6.07, 6.45) is 9.12. The minimum absolute atomic E-state index is 0.689. The predicted molar refractivity (Wildman–Crippen MR) is 104 cm³/mol. The summed E-state index contributed by atoms with van der Waals surface area (Å²) in [5, 5.41) is 0. The van der Waals surface area contributed by atoms with Gasteiger partial charge in [0.25, 0.3) is 0 Å². The van der Waals surface area contributed by atoms with Crippen LogP contribution in [0.25, 0.3) is 11.3 Å². The van der Waals surface area contributed by atoms with E-state index in [0.29, 0.717) is 6.61 Å². The Labute approximate surface area is 152 Å². The van der Waals surface area contributed by atoms with E-state index < -0.39 is 0 Å². The van der Waals surface area contributed by atoms with Gasteiger partial charge >= 0.3 is 0 Å². The van der Waals surface area contributed by atoms with Crippen molar-refractivity contribution in [1.82, 2.24) is 4.98 Å². The number of hydrogen-bond acceptors (Lipinski definition) is 3. The van der Waals surface area contributed by atoms with Crippen LogP contribution >= 0.6 is 0 Å². The summed E-state index contributed by atoms with van der Waals surface area (Å²) in [6.45, 7) is 6.65. The van der Waals surface area contributed by atoms with Gasteiger partial charge in [-0.05, 0) is 62.1 Å². The molecule has 25 heavy (non-hydrogen) atoms. The molecule has 2 rings (SSSR count). The lowest BCUT2D eigenvalue weighted by Crippen LogP contribution is -1.99. The summed E-state index contributed by atoms with van der Waals surface area (Å²) in [6, 6.07) is 12.4. The molecule has 3 nitrogen and oxygen atoms in total. The Morgan fingerprint density at radius 2 is 1.64 bits per heavy atom. The molecule has 0 spiro atoms. The highest BCUT2D eigenvalue weighted by molar-refractivity contribution is 5.60. The van der Waals surface area contributed by atoms with Crippen LogP contribution in [0.5, 0.6) is 5.75 Å². The molecule has 0 atom stereocenters. The summed E-state index contributed by atoms with van der Waals surface area (Å²) in [7, 11) is 0. The summed E-state index contributed by atoms with van der Waals surface area (Å²) in [5.74, 6) is 0.901. The van der Waals surface area contributed by atoms with E-state index in [1.165, 1.54) is 31.2 Å². The molecular weight excluding hydrogens is 310 g/mol. The number of benzene rings is 1. The number of nitrogens with zero attached hydrogens (tertiary/aromatic N) is 1. The van der Waals surface area contributed by atoms with Crippen molar-refractivity contribution >= 4 is 0 Å². The first-order valence-electron chi connectivity index (χ1n) is 9.59. The van der Waals surface area contributed by atoms with Crippen LogP contribution in [-0.4, -0.2) is 24.8 Å². The van der Waals surface area contributed by atoms with Gasteiger partial charge in [0.05, 0.1) is 12.3 Å². The number of aryl methyl sites for hydroxylation is 1. The molecule has 3 heteroatoms. The second kappa shape index (κ2) is 11.6. The highest BCUT2D eigenvalue weighted by atomic mass is 16.5. The molecule has 0 aliphatic rings. The Balaban J connectivity index is 1.70. The third-order valence-corrected chi connectivity index (χ3v) is 4.18. The Hall–Kier alpha value is -1.87. The van der Waals surface area contributed by atoms with Crippen LogP contribution in [0.15, 0.2) is 42.6 Å². The molecule has 1 aromatic heterocycles. The Morgan fingerprint density at radius 1 is 0.840 bits per heavy atom. The fraction of sp³-hybridized carbons (Fsp3) is 0.500. The van der Waals surface area contributed by atoms with Crippen molar-refractivity contribution in [3.63, 3.8) is 0 Å². The molecule has 0 aliphatic carbocycles. The van der Waals surface area contributed by atoms with Gasteiger partial charge in [0, 0.05) is 25.0 Å². The molecule has 0 aliphatic heterocycles. The van der Waals surface area contributed by atoms with Crippen LogP contribution in [0.1, 0.15) is 51.5 Å². The number of rotatable bonds is 12. The van der Waals surface area contributed by atoms with Crippen LogP contribution in [-0.2, 0) is 11.2 Å². The van der Waals surface area contributed by atoms with Gasteiger partial charge in [0.2, 0.25) is 0 Å². The first-order valence-corrected chi connectivity index (χ1v) is 9.59. The molecule has 0 bridgehead atoms. The van der Waals surface area contributed by atoms with Crippen LogP contribution in [0.2, 0.25) is 0 Å². The second-order valence-corrected chi connectivity index (χ2v) is 6.29. The highest BCUT2D eigenvalue weighted by Gasteiger charge is 2.01. The van der Waals surface area contributed by atoms with E-state index in [0.717, 1.165) is 43.1 Å². The van der Waals surface area contributed by atoms with Crippen molar-refractivity contribution in [3.8, 4) is 17.0 Å². The van der Waals surface area contributed by atoms with E-state index in [-0.39, 0.29) is 0 Å². The smallest absolute Gasteiger partial charge is 0.119 e. The third kappa shape index (κ3) is 7.27. The monoisotopic (exact) mass is 341 g/mol.